The van der Waals surface area contributed by atoms with Crippen LogP contribution in [0.5, 0.6) is 0 Å². The number of aliphatic imine (C=N–C) groups is 1. The number of sulfonamides is 1. The Labute approximate surface area is 164 Å². The van der Waals surface area contributed by atoms with E-state index in [1.54, 1.807) is 12.3 Å². The third-order valence-electron chi connectivity index (χ3n) is 3.96. The molecule has 1 aromatic carbocycles. The largest absolute Gasteiger partial charge is 0.392 e. The Hall–Kier alpha value is -1.24. The van der Waals surface area contributed by atoms with E-state index in [0.717, 1.165) is 0 Å². The Morgan fingerprint density at radius 1 is 1.50 bits per heavy atom. The minimum atomic E-state index is -4.10. The van der Waals surface area contributed by atoms with E-state index >= 15 is 0 Å². The van der Waals surface area contributed by atoms with Crippen LogP contribution in [0.25, 0.3) is 0 Å². The zero-order chi connectivity index (χ0) is 19.2. The van der Waals surface area contributed by atoms with Crippen molar-refractivity contribution in [3.8, 4) is 0 Å². The molecule has 0 bridgehead atoms. The molecule has 2 aliphatic heterocycles. The van der Waals surface area contributed by atoms with Crippen LogP contribution in [-0.2, 0) is 14.8 Å². The number of thiol groups is 1. The number of carbonyl (C=O) groups is 1. The fourth-order valence-electron chi connectivity index (χ4n) is 2.56. The van der Waals surface area contributed by atoms with E-state index < -0.39 is 27.2 Å². The molecule has 0 spiro atoms. The third kappa shape index (κ3) is 3.35. The highest BCUT2D eigenvalue weighted by Crippen LogP contribution is 2.39. The molecule has 8 nitrogen and oxygen atoms in total. The van der Waals surface area contributed by atoms with Crippen molar-refractivity contribution >= 4 is 57.9 Å². The maximum atomic E-state index is 12.7. The first-order valence-corrected chi connectivity index (χ1v) is 10.5. The van der Waals surface area contributed by atoms with Gasteiger partial charge in [0.1, 0.15) is 10.3 Å². The van der Waals surface area contributed by atoms with E-state index in [2.05, 4.69) is 22.3 Å². The highest BCUT2D eigenvalue weighted by Gasteiger charge is 2.43. The van der Waals surface area contributed by atoms with E-state index in [1.165, 1.54) is 23.9 Å². The van der Waals surface area contributed by atoms with Crippen LogP contribution in [0.3, 0.4) is 0 Å². The summed E-state index contributed by atoms with van der Waals surface area (Å²) in [5, 5.41) is 11.4. The highest BCUT2D eigenvalue weighted by molar-refractivity contribution is 8.03. The Balaban J connectivity index is 1.94. The lowest BCUT2D eigenvalue weighted by Crippen LogP contribution is -2.57. The summed E-state index contributed by atoms with van der Waals surface area (Å²) in [5.74, 6) is 4.19. The molecular weight excluding hydrogens is 420 g/mol. The number of fused-ring (bicyclic) bond motifs is 1. The highest BCUT2D eigenvalue weighted by atomic mass is 35.5. The third-order valence-corrected chi connectivity index (χ3v) is 7.35. The Morgan fingerprint density at radius 2 is 2.19 bits per heavy atom. The molecular formula is C14H15ClN4O4S3. The molecule has 0 aromatic heterocycles. The van der Waals surface area contributed by atoms with Crippen LogP contribution in [0.4, 0.5) is 0 Å². The molecule has 1 amide bonds. The predicted octanol–water partition coefficient (Wildman–Crippen LogP) is 0.853. The molecule has 12 heteroatoms. The van der Waals surface area contributed by atoms with Crippen molar-refractivity contribution < 1.29 is 18.3 Å². The van der Waals surface area contributed by atoms with E-state index in [0.29, 0.717) is 21.2 Å². The average Bonchev–Trinajstić information content (AvgIpc) is 2.98. The van der Waals surface area contributed by atoms with E-state index in [-0.39, 0.29) is 22.4 Å². The second-order valence-electron chi connectivity index (χ2n) is 5.69. The minimum absolute atomic E-state index is 0.110. The van der Waals surface area contributed by atoms with Gasteiger partial charge in [-0.1, -0.05) is 11.6 Å². The fourth-order valence-corrected chi connectivity index (χ4v) is 5.67. The first-order chi connectivity index (χ1) is 12.2. The second-order valence-corrected chi connectivity index (χ2v) is 9.22. The molecule has 2 aliphatic rings. The van der Waals surface area contributed by atoms with Gasteiger partial charge in [-0.2, -0.15) is 0 Å². The normalized spacial score (nSPS) is 22.8. The molecule has 1 aromatic rings. The molecule has 0 fully saturated rings. The predicted molar refractivity (Wildman–Crippen MR) is 102 cm³/mol. The van der Waals surface area contributed by atoms with E-state index in [9.17, 15) is 18.3 Å². The Kier molecular flexibility index (Phi) is 5.30. The molecule has 26 heavy (non-hydrogen) atoms. The van der Waals surface area contributed by atoms with Gasteiger partial charge in [-0.05, 0) is 35.6 Å². The Morgan fingerprint density at radius 3 is 2.85 bits per heavy atom. The zero-order valence-corrected chi connectivity index (χ0v) is 16.7. The summed E-state index contributed by atoms with van der Waals surface area (Å²) in [6.07, 6.45) is 0. The number of aliphatic hydroxyl groups is 1. The number of hydrazine groups is 1. The van der Waals surface area contributed by atoms with E-state index in [1.807, 2.05) is 0 Å². The first-order valence-electron chi connectivity index (χ1n) is 7.29. The summed E-state index contributed by atoms with van der Waals surface area (Å²) in [4.78, 5) is 16.7. The maximum absolute atomic E-state index is 12.7. The van der Waals surface area contributed by atoms with Crippen molar-refractivity contribution in [1.82, 2.24) is 9.73 Å². The van der Waals surface area contributed by atoms with Crippen molar-refractivity contribution in [2.75, 3.05) is 6.61 Å². The summed E-state index contributed by atoms with van der Waals surface area (Å²) in [5.41, 5.74) is 1.05. The number of nitrogens with one attached hydrogen (secondary N) is 1. The molecule has 0 radical (unpaired) electrons. The topological polar surface area (TPSA) is 125 Å². The molecule has 0 saturated carbocycles. The van der Waals surface area contributed by atoms with Crippen LogP contribution in [-0.4, -0.2) is 42.4 Å². The minimum Gasteiger partial charge on any atom is -0.392 e. The zero-order valence-electron chi connectivity index (χ0n) is 13.4. The van der Waals surface area contributed by atoms with Crippen LogP contribution < -0.4 is 10.6 Å². The van der Waals surface area contributed by atoms with Gasteiger partial charge in [-0.25, -0.2) is 29.0 Å². The average molecular weight is 435 g/mol. The number of hydrogen-bond donors (Lipinski definition) is 4. The van der Waals surface area contributed by atoms with Crippen molar-refractivity contribution in [3.05, 3.63) is 33.7 Å². The number of nitrogens with zero attached hydrogens (tertiary/aromatic N) is 2. The number of nitrogens with two attached hydrogens (primary N) is 1. The smallest absolute Gasteiger partial charge is 0.265 e. The lowest BCUT2D eigenvalue weighted by molar-refractivity contribution is -0.131. The number of thioether (sulfide) groups is 1. The number of aliphatic hydroxyl groups excluding tert-OH is 1. The quantitative estimate of drug-likeness (QED) is 0.317. The van der Waals surface area contributed by atoms with Crippen molar-refractivity contribution in [2.45, 2.75) is 22.1 Å². The lowest BCUT2D eigenvalue weighted by Gasteiger charge is -2.30. The fraction of sp³-hybridized carbons (Fsp3) is 0.286. The molecule has 2 atom stereocenters. The van der Waals surface area contributed by atoms with Crippen LogP contribution in [0.2, 0.25) is 5.02 Å². The summed E-state index contributed by atoms with van der Waals surface area (Å²) < 4.78 is 27.7. The van der Waals surface area contributed by atoms with Crippen LogP contribution in [0.1, 0.15) is 5.56 Å². The van der Waals surface area contributed by atoms with Gasteiger partial charge in [-0.15, -0.1) is 24.4 Å². The molecule has 4 N–H and O–H groups in total. The second kappa shape index (κ2) is 7.06. The summed E-state index contributed by atoms with van der Waals surface area (Å²) in [6, 6.07) is 2.79. The number of amides is 1. The number of halogens is 1. The Bertz CT molecular complexity index is 948. The number of guanidine groups is 1. The number of aryl methyl sites for hydroxylation is 1. The summed E-state index contributed by atoms with van der Waals surface area (Å²) in [7, 11) is -4.10. The summed E-state index contributed by atoms with van der Waals surface area (Å²) in [6.45, 7) is 1.37. The number of carbonyl (C=O) groups excluding carboxylic acids is 1. The van der Waals surface area contributed by atoms with Gasteiger partial charge >= 0.3 is 0 Å². The van der Waals surface area contributed by atoms with Gasteiger partial charge in [-0.3, -0.25) is 4.79 Å². The molecule has 0 aliphatic carbocycles. The standard InChI is InChI=1S/C14H15ClN4O4S3/c1-6-2-10(9(24)3-8(6)15)26(22,23)18-14-17-12-11(13(21)19(14)16)7(4-20)5-25-12/h2-3,5,11-12,20,24H,4,16H2,1H3,(H,17,18). The number of hydrogen-bond acceptors (Lipinski definition) is 8. The SMILES string of the molecule is Cc1cc(S(=O)(=O)NC2=NC3SC=C(CO)C3C(=O)N2N)c(S)cc1Cl. The van der Waals surface area contributed by atoms with Crippen LogP contribution in [0, 0.1) is 12.8 Å². The molecule has 140 valence electrons. The van der Waals surface area contributed by atoms with Crippen molar-refractivity contribution in [1.29, 1.82) is 0 Å². The van der Waals surface area contributed by atoms with Crippen LogP contribution in [0.15, 0.2) is 37.9 Å². The van der Waals surface area contributed by atoms with Gasteiger partial charge < -0.3 is 5.11 Å². The van der Waals surface area contributed by atoms with Crippen LogP contribution >= 0.6 is 36.0 Å². The van der Waals surface area contributed by atoms with Gasteiger partial charge in [0, 0.05) is 9.92 Å². The number of benzene rings is 1. The van der Waals surface area contributed by atoms with Crippen molar-refractivity contribution in [2.24, 2.45) is 16.8 Å². The molecule has 0 saturated heterocycles. The lowest BCUT2D eigenvalue weighted by atomic mass is 9.99. The molecule has 3 rings (SSSR count). The molecule has 2 heterocycles. The van der Waals surface area contributed by atoms with Crippen molar-refractivity contribution in [3.63, 3.8) is 0 Å². The van der Waals surface area contributed by atoms with E-state index in [4.69, 9.17) is 17.4 Å². The van der Waals surface area contributed by atoms with Gasteiger partial charge in [0.15, 0.2) is 0 Å². The summed E-state index contributed by atoms with van der Waals surface area (Å²) >= 11 is 11.3. The first kappa shape index (κ1) is 19.5. The molecule has 2 unspecified atom stereocenters. The van der Waals surface area contributed by atoms with Gasteiger partial charge in [0.2, 0.25) is 5.96 Å². The van der Waals surface area contributed by atoms with Gasteiger partial charge in [0.05, 0.1) is 12.5 Å². The van der Waals surface area contributed by atoms with Gasteiger partial charge in [0.25, 0.3) is 15.9 Å². The maximum Gasteiger partial charge on any atom is 0.265 e. The monoisotopic (exact) mass is 434 g/mol. The number of rotatable bonds is 3.